The van der Waals surface area contributed by atoms with Crippen molar-refractivity contribution in [2.45, 2.75) is 51.3 Å². The molecule has 7 heteroatoms. The van der Waals surface area contributed by atoms with E-state index in [4.69, 9.17) is 4.74 Å². The quantitative estimate of drug-likeness (QED) is 0.700. The first-order chi connectivity index (χ1) is 9.29. The van der Waals surface area contributed by atoms with E-state index in [1.54, 1.807) is 20.8 Å². The second-order valence-electron chi connectivity index (χ2n) is 5.22. The van der Waals surface area contributed by atoms with Crippen molar-refractivity contribution in [3.8, 4) is 0 Å². The topological polar surface area (TPSA) is 80.8 Å². The molecule has 1 unspecified atom stereocenters. The van der Waals surface area contributed by atoms with Crippen LogP contribution in [-0.2, 0) is 24.2 Å². The largest absolute Gasteiger partial charge is 0.465 e. The molecule has 1 amide bonds. The summed E-state index contributed by atoms with van der Waals surface area (Å²) in [5.74, 6) is -0.940. The molecule has 1 heterocycles. The van der Waals surface area contributed by atoms with Crippen LogP contribution in [0, 0.1) is 0 Å². The third kappa shape index (κ3) is 4.19. The van der Waals surface area contributed by atoms with E-state index in [-0.39, 0.29) is 24.9 Å². The zero-order chi connectivity index (χ0) is 15.3. The Morgan fingerprint density at radius 2 is 1.95 bits per heavy atom. The predicted molar refractivity (Wildman–Crippen MR) is 74.9 cm³/mol. The van der Waals surface area contributed by atoms with E-state index >= 15 is 0 Å². The van der Waals surface area contributed by atoms with Crippen LogP contribution in [0.25, 0.3) is 0 Å². The van der Waals surface area contributed by atoms with Gasteiger partial charge < -0.3 is 9.64 Å². The Hall–Kier alpha value is -1.11. The van der Waals surface area contributed by atoms with Gasteiger partial charge in [0, 0.05) is 6.04 Å². The van der Waals surface area contributed by atoms with Crippen molar-refractivity contribution in [2.24, 2.45) is 0 Å². The zero-order valence-corrected chi connectivity index (χ0v) is 13.1. The number of hydrogen-bond donors (Lipinski definition) is 0. The predicted octanol–water partition coefficient (Wildman–Crippen LogP) is 0.754. The van der Waals surface area contributed by atoms with E-state index in [2.05, 4.69) is 0 Å². The fraction of sp³-hybridized carbons (Fsp3) is 0.846. The highest BCUT2D eigenvalue weighted by Gasteiger charge is 2.38. The molecule has 1 atom stereocenters. The summed E-state index contributed by atoms with van der Waals surface area (Å²) in [5.41, 5.74) is 0. The molecule has 1 rings (SSSR count). The summed E-state index contributed by atoms with van der Waals surface area (Å²) < 4.78 is 28.8. The maximum absolute atomic E-state index is 12.4. The lowest BCUT2D eigenvalue weighted by atomic mass is 10.1. The number of rotatable bonds is 5. The van der Waals surface area contributed by atoms with Gasteiger partial charge in [0.15, 0.2) is 9.84 Å². The molecule has 1 fully saturated rings. The van der Waals surface area contributed by atoms with Gasteiger partial charge in [-0.25, -0.2) is 8.42 Å². The van der Waals surface area contributed by atoms with E-state index in [0.29, 0.717) is 12.8 Å². The van der Waals surface area contributed by atoms with Crippen LogP contribution in [0.4, 0.5) is 0 Å². The number of esters is 1. The molecule has 6 nitrogen and oxygen atoms in total. The Balaban J connectivity index is 2.86. The minimum atomic E-state index is -3.39. The number of amides is 1. The fourth-order valence-electron chi connectivity index (χ4n) is 2.28. The first kappa shape index (κ1) is 16.9. The van der Waals surface area contributed by atoms with Gasteiger partial charge >= 0.3 is 5.97 Å². The monoisotopic (exact) mass is 305 g/mol. The van der Waals surface area contributed by atoms with E-state index < -0.39 is 27.0 Å². The van der Waals surface area contributed by atoms with Crippen LogP contribution in [-0.4, -0.2) is 55.4 Å². The van der Waals surface area contributed by atoms with Crippen molar-refractivity contribution in [3.05, 3.63) is 0 Å². The molecule has 0 aromatic heterocycles. The van der Waals surface area contributed by atoms with Crippen LogP contribution < -0.4 is 0 Å². The summed E-state index contributed by atoms with van der Waals surface area (Å²) in [6, 6.07) is -0.246. The smallest absolute Gasteiger partial charge is 0.325 e. The lowest BCUT2D eigenvalue weighted by Gasteiger charge is -2.31. The maximum atomic E-state index is 12.4. The molecule has 0 radical (unpaired) electrons. The van der Waals surface area contributed by atoms with E-state index in [1.165, 1.54) is 4.90 Å². The molecule has 0 saturated carbocycles. The van der Waals surface area contributed by atoms with Gasteiger partial charge in [0.25, 0.3) is 0 Å². The van der Waals surface area contributed by atoms with Gasteiger partial charge in [0.05, 0.1) is 12.4 Å². The second kappa shape index (κ2) is 7.06. The first-order valence-corrected chi connectivity index (χ1v) is 8.68. The maximum Gasteiger partial charge on any atom is 0.325 e. The van der Waals surface area contributed by atoms with E-state index in [9.17, 15) is 18.0 Å². The van der Waals surface area contributed by atoms with Crippen molar-refractivity contribution in [3.63, 3.8) is 0 Å². The molecule has 1 aliphatic rings. The Morgan fingerprint density at radius 3 is 2.45 bits per heavy atom. The average molecular weight is 305 g/mol. The Morgan fingerprint density at radius 1 is 1.30 bits per heavy atom. The molecule has 0 spiro atoms. The highest BCUT2D eigenvalue weighted by molar-refractivity contribution is 7.92. The summed E-state index contributed by atoms with van der Waals surface area (Å²) in [6.45, 7) is 5.24. The van der Waals surface area contributed by atoms with Crippen LogP contribution in [0.2, 0.25) is 0 Å². The second-order valence-corrected chi connectivity index (χ2v) is 7.52. The molecule has 0 aliphatic carbocycles. The summed E-state index contributed by atoms with van der Waals surface area (Å²) in [6.07, 6.45) is 1.67. The Labute approximate surface area is 120 Å². The molecule has 1 saturated heterocycles. The van der Waals surface area contributed by atoms with Crippen molar-refractivity contribution in [1.82, 2.24) is 4.90 Å². The normalized spacial score (nSPS) is 21.5. The van der Waals surface area contributed by atoms with Crippen LogP contribution in [0.1, 0.15) is 40.0 Å². The summed E-state index contributed by atoms with van der Waals surface area (Å²) >= 11 is 0. The summed E-state index contributed by atoms with van der Waals surface area (Å²) in [7, 11) is -3.39. The molecular weight excluding hydrogens is 282 g/mol. The molecule has 0 bridgehead atoms. The van der Waals surface area contributed by atoms with Gasteiger partial charge in [-0.05, 0) is 33.6 Å². The fourth-order valence-corrected chi connectivity index (χ4v) is 4.14. The third-order valence-corrected chi connectivity index (χ3v) is 5.53. The average Bonchev–Trinajstić information content (AvgIpc) is 2.34. The van der Waals surface area contributed by atoms with Crippen LogP contribution in [0.15, 0.2) is 0 Å². The SMILES string of the molecule is CCOC(=O)CN(C(=O)C1CCCCS1(=O)=O)C(C)C. The standard InChI is InChI=1S/C13H23NO5S/c1-4-19-12(15)9-14(10(2)3)13(16)11-7-5-6-8-20(11,17)18/h10-11H,4-9H2,1-3H3. The van der Waals surface area contributed by atoms with Gasteiger partial charge in [0.2, 0.25) is 5.91 Å². The summed E-state index contributed by atoms with van der Waals surface area (Å²) in [5, 5.41) is -1.01. The number of sulfone groups is 1. The minimum Gasteiger partial charge on any atom is -0.465 e. The highest BCUT2D eigenvalue weighted by atomic mass is 32.2. The molecular formula is C13H23NO5S. The minimum absolute atomic E-state index is 0.0503. The Kier molecular flexibility index (Phi) is 5.98. The van der Waals surface area contributed by atoms with Crippen molar-refractivity contribution in [1.29, 1.82) is 0 Å². The van der Waals surface area contributed by atoms with Gasteiger partial charge in [-0.15, -0.1) is 0 Å². The van der Waals surface area contributed by atoms with Gasteiger partial charge in [-0.3, -0.25) is 9.59 Å². The van der Waals surface area contributed by atoms with Crippen LogP contribution >= 0.6 is 0 Å². The molecule has 20 heavy (non-hydrogen) atoms. The zero-order valence-electron chi connectivity index (χ0n) is 12.3. The van der Waals surface area contributed by atoms with Crippen molar-refractivity contribution >= 4 is 21.7 Å². The summed E-state index contributed by atoms with van der Waals surface area (Å²) in [4.78, 5) is 25.3. The van der Waals surface area contributed by atoms with Gasteiger partial charge in [-0.2, -0.15) is 0 Å². The molecule has 0 aromatic carbocycles. The van der Waals surface area contributed by atoms with Crippen LogP contribution in [0.5, 0.6) is 0 Å². The highest BCUT2D eigenvalue weighted by Crippen LogP contribution is 2.22. The lowest BCUT2D eigenvalue weighted by Crippen LogP contribution is -2.50. The molecule has 1 aliphatic heterocycles. The van der Waals surface area contributed by atoms with Gasteiger partial charge in [0.1, 0.15) is 11.8 Å². The van der Waals surface area contributed by atoms with E-state index in [0.717, 1.165) is 6.42 Å². The molecule has 116 valence electrons. The van der Waals surface area contributed by atoms with Crippen molar-refractivity contribution in [2.75, 3.05) is 18.9 Å². The number of nitrogens with zero attached hydrogens (tertiary/aromatic N) is 1. The molecule has 0 aromatic rings. The Bertz CT molecular complexity index is 457. The van der Waals surface area contributed by atoms with Crippen LogP contribution in [0.3, 0.4) is 0 Å². The van der Waals surface area contributed by atoms with Crippen molar-refractivity contribution < 1.29 is 22.7 Å². The first-order valence-electron chi connectivity index (χ1n) is 6.97. The number of hydrogen-bond acceptors (Lipinski definition) is 5. The number of carbonyl (C=O) groups excluding carboxylic acids is 2. The van der Waals surface area contributed by atoms with E-state index in [1.807, 2.05) is 0 Å². The van der Waals surface area contributed by atoms with Gasteiger partial charge in [-0.1, -0.05) is 6.42 Å². The lowest BCUT2D eigenvalue weighted by molar-refractivity contribution is -0.150. The third-order valence-electron chi connectivity index (χ3n) is 3.37. The molecule has 0 N–H and O–H groups in total. The number of carbonyl (C=O) groups is 2. The number of ether oxygens (including phenoxy) is 1.